The lowest BCUT2D eigenvalue weighted by atomic mass is 9.93. The molecule has 6 heteroatoms. The maximum atomic E-state index is 13.8. The molecule has 1 aliphatic rings. The Bertz CT molecular complexity index is 829. The van der Waals surface area contributed by atoms with Crippen molar-refractivity contribution in [3.63, 3.8) is 0 Å². The van der Waals surface area contributed by atoms with Gasteiger partial charge in [-0.25, -0.2) is 5.01 Å². The van der Waals surface area contributed by atoms with Crippen LogP contribution >= 0.6 is 0 Å². The van der Waals surface area contributed by atoms with Gasteiger partial charge in [0.2, 0.25) is 5.91 Å². The summed E-state index contributed by atoms with van der Waals surface area (Å²) in [6, 6.07) is 8.82. The Hall–Kier alpha value is -2.08. The highest BCUT2D eigenvalue weighted by Gasteiger charge is 2.51. The van der Waals surface area contributed by atoms with Crippen molar-refractivity contribution in [3.05, 3.63) is 47.5 Å². The number of halogens is 3. The molecule has 3 rings (SSSR count). The van der Waals surface area contributed by atoms with Gasteiger partial charge in [-0.15, -0.1) is 0 Å². The average Bonchev–Trinajstić information content (AvgIpc) is 2.79. The molecule has 1 amide bonds. The fourth-order valence-corrected chi connectivity index (χ4v) is 3.45. The predicted octanol–water partition coefficient (Wildman–Crippen LogP) is 4.77. The minimum absolute atomic E-state index is 0.00389. The summed E-state index contributed by atoms with van der Waals surface area (Å²) in [4.78, 5) is 12.0. The van der Waals surface area contributed by atoms with E-state index >= 15 is 0 Å². The second-order valence-corrected chi connectivity index (χ2v) is 7.59. The number of benzene rings is 2. The second-order valence-electron chi connectivity index (χ2n) is 7.59. The molecule has 1 atom stereocenters. The van der Waals surface area contributed by atoms with Crippen LogP contribution in [0.25, 0.3) is 10.8 Å². The summed E-state index contributed by atoms with van der Waals surface area (Å²) in [6.45, 7) is 5.36. The first kappa shape index (κ1) is 18.7. The normalized spacial score (nSPS) is 18.9. The van der Waals surface area contributed by atoms with Crippen LogP contribution in [-0.4, -0.2) is 23.6 Å². The van der Waals surface area contributed by atoms with Gasteiger partial charge in [0.15, 0.2) is 0 Å². The van der Waals surface area contributed by atoms with Gasteiger partial charge in [0, 0.05) is 6.54 Å². The Labute approximate surface area is 151 Å². The zero-order valence-corrected chi connectivity index (χ0v) is 15.2. The Morgan fingerprint density at radius 1 is 1.15 bits per heavy atom. The van der Waals surface area contributed by atoms with Crippen molar-refractivity contribution in [2.24, 2.45) is 5.41 Å². The van der Waals surface area contributed by atoms with Crippen LogP contribution in [0, 0.1) is 5.41 Å². The molecule has 140 valence electrons. The topological polar surface area (TPSA) is 32.3 Å². The van der Waals surface area contributed by atoms with Gasteiger partial charge in [-0.05, 0) is 48.2 Å². The molecule has 0 unspecified atom stereocenters. The fraction of sp³-hybridized carbons (Fsp3) is 0.450. The Morgan fingerprint density at radius 2 is 1.85 bits per heavy atom. The van der Waals surface area contributed by atoms with Crippen LogP contribution in [0.1, 0.15) is 44.4 Å². The standard InChI is InChI=1S/C20H23F3N2O/c1-4-5-13-6-7-14-8-9-15(11-16(14)10-13)17(20(21,22)23)25-12-19(2,3)18(26)24-25/h6-11,17H,4-5,12H2,1-3H3,(H,24,26)/t17-/m0/s1. The molecule has 1 N–H and O–H groups in total. The van der Waals surface area contributed by atoms with Gasteiger partial charge in [0.1, 0.15) is 6.04 Å². The van der Waals surface area contributed by atoms with Crippen molar-refractivity contribution in [2.75, 3.05) is 6.54 Å². The second kappa shape index (κ2) is 6.58. The number of carbonyl (C=O) groups excluding carboxylic acids is 1. The Kier molecular flexibility index (Phi) is 4.73. The number of fused-ring (bicyclic) bond motifs is 1. The minimum atomic E-state index is -4.50. The zero-order valence-electron chi connectivity index (χ0n) is 15.2. The average molecular weight is 364 g/mol. The van der Waals surface area contributed by atoms with Crippen LogP contribution in [0.2, 0.25) is 0 Å². The van der Waals surface area contributed by atoms with E-state index in [2.05, 4.69) is 12.3 Å². The molecule has 1 fully saturated rings. The highest BCUT2D eigenvalue weighted by molar-refractivity contribution is 5.85. The highest BCUT2D eigenvalue weighted by atomic mass is 19.4. The molecule has 1 heterocycles. The number of alkyl halides is 3. The van der Waals surface area contributed by atoms with E-state index in [9.17, 15) is 18.0 Å². The molecule has 2 aromatic carbocycles. The van der Waals surface area contributed by atoms with Gasteiger partial charge in [0.25, 0.3) is 0 Å². The van der Waals surface area contributed by atoms with Crippen molar-refractivity contribution < 1.29 is 18.0 Å². The molecule has 1 saturated heterocycles. The van der Waals surface area contributed by atoms with Crippen molar-refractivity contribution >= 4 is 16.7 Å². The van der Waals surface area contributed by atoms with Gasteiger partial charge in [0.05, 0.1) is 5.41 Å². The summed E-state index contributed by atoms with van der Waals surface area (Å²) < 4.78 is 41.5. The summed E-state index contributed by atoms with van der Waals surface area (Å²) >= 11 is 0. The molecule has 0 bridgehead atoms. The molecule has 0 aliphatic carbocycles. The van der Waals surface area contributed by atoms with E-state index in [1.165, 1.54) is 6.07 Å². The molecule has 0 spiro atoms. The molecule has 0 radical (unpaired) electrons. The maximum absolute atomic E-state index is 13.8. The quantitative estimate of drug-likeness (QED) is 0.848. The Morgan fingerprint density at radius 3 is 2.42 bits per heavy atom. The summed E-state index contributed by atoms with van der Waals surface area (Å²) in [7, 11) is 0. The van der Waals surface area contributed by atoms with Crippen LogP contribution in [0.5, 0.6) is 0 Å². The van der Waals surface area contributed by atoms with Gasteiger partial charge in [-0.3, -0.25) is 10.2 Å². The molecule has 0 saturated carbocycles. The number of rotatable bonds is 4. The van der Waals surface area contributed by atoms with Crippen molar-refractivity contribution in [1.82, 2.24) is 10.4 Å². The largest absolute Gasteiger partial charge is 0.409 e. The van der Waals surface area contributed by atoms with Crippen LogP contribution in [0.4, 0.5) is 13.2 Å². The predicted molar refractivity (Wildman–Crippen MR) is 95.4 cm³/mol. The monoisotopic (exact) mass is 364 g/mol. The summed E-state index contributed by atoms with van der Waals surface area (Å²) in [5.74, 6) is -0.391. The first-order valence-electron chi connectivity index (χ1n) is 8.79. The van der Waals surface area contributed by atoms with E-state index < -0.39 is 23.5 Å². The first-order valence-corrected chi connectivity index (χ1v) is 8.79. The van der Waals surface area contributed by atoms with Crippen molar-refractivity contribution in [1.29, 1.82) is 0 Å². The van der Waals surface area contributed by atoms with Crippen molar-refractivity contribution in [3.8, 4) is 0 Å². The summed E-state index contributed by atoms with van der Waals surface area (Å²) in [5, 5.41) is 2.70. The van der Waals surface area contributed by atoms with Crippen molar-refractivity contribution in [2.45, 2.75) is 45.8 Å². The van der Waals surface area contributed by atoms with Gasteiger partial charge >= 0.3 is 6.18 Å². The van der Waals surface area contributed by atoms with E-state index in [4.69, 9.17) is 0 Å². The van der Waals surface area contributed by atoms with Crippen LogP contribution in [0.15, 0.2) is 36.4 Å². The molecular weight excluding hydrogens is 341 g/mol. The molecule has 3 nitrogen and oxygen atoms in total. The number of nitrogens with zero attached hydrogens (tertiary/aromatic N) is 1. The molecule has 26 heavy (non-hydrogen) atoms. The van der Waals surface area contributed by atoms with Gasteiger partial charge in [-0.2, -0.15) is 13.2 Å². The number of aryl methyl sites for hydroxylation is 1. The van der Waals surface area contributed by atoms with Crippen LogP contribution in [0.3, 0.4) is 0 Å². The first-order chi connectivity index (χ1) is 12.1. The third kappa shape index (κ3) is 3.56. The van der Waals surface area contributed by atoms with Gasteiger partial charge < -0.3 is 0 Å². The Balaban J connectivity index is 2.03. The third-order valence-corrected chi connectivity index (χ3v) is 4.83. The SMILES string of the molecule is CCCc1ccc2ccc([C@H](N3CC(C)(C)C(=O)N3)C(F)(F)F)cc2c1. The molecule has 0 aromatic heterocycles. The lowest BCUT2D eigenvalue weighted by Gasteiger charge is -2.30. The lowest BCUT2D eigenvalue weighted by molar-refractivity contribution is -0.191. The van der Waals surface area contributed by atoms with E-state index in [0.29, 0.717) is 0 Å². The maximum Gasteiger partial charge on any atom is 0.409 e. The fourth-order valence-electron chi connectivity index (χ4n) is 3.45. The molecule has 1 aliphatic heterocycles. The number of hydrazine groups is 1. The highest BCUT2D eigenvalue weighted by Crippen LogP contribution is 2.41. The van der Waals surface area contributed by atoms with E-state index in [-0.39, 0.29) is 12.1 Å². The van der Waals surface area contributed by atoms with Crippen LogP contribution in [-0.2, 0) is 11.2 Å². The summed E-state index contributed by atoms with van der Waals surface area (Å²) in [5.41, 5.74) is 2.79. The number of carbonyl (C=O) groups is 1. The number of nitrogens with one attached hydrogen (secondary N) is 1. The van der Waals surface area contributed by atoms with Crippen LogP contribution < -0.4 is 5.43 Å². The van der Waals surface area contributed by atoms with E-state index in [0.717, 1.165) is 34.2 Å². The molecular formula is C20H23F3N2O. The van der Waals surface area contributed by atoms with Gasteiger partial charge in [-0.1, -0.05) is 43.7 Å². The number of amides is 1. The minimum Gasteiger partial charge on any atom is -0.287 e. The number of hydrogen-bond donors (Lipinski definition) is 1. The third-order valence-electron chi connectivity index (χ3n) is 4.83. The zero-order chi connectivity index (χ0) is 19.1. The molecule has 2 aromatic rings. The smallest absolute Gasteiger partial charge is 0.287 e. The lowest BCUT2D eigenvalue weighted by Crippen LogP contribution is -2.43. The van der Waals surface area contributed by atoms with E-state index in [1.54, 1.807) is 26.0 Å². The number of hydrogen-bond acceptors (Lipinski definition) is 2. The summed E-state index contributed by atoms with van der Waals surface area (Å²) in [6.07, 6.45) is -2.63. The van der Waals surface area contributed by atoms with E-state index in [1.807, 2.05) is 18.2 Å².